The van der Waals surface area contributed by atoms with E-state index in [0.29, 0.717) is 22.5 Å². The third-order valence-electron chi connectivity index (χ3n) is 15.7. The second-order valence-electron chi connectivity index (χ2n) is 20.1. The van der Waals surface area contributed by atoms with Crippen molar-refractivity contribution in [1.82, 2.24) is 0 Å². The molecule has 0 saturated heterocycles. The quantitative estimate of drug-likeness (QED) is 0.0986. The Morgan fingerprint density at radius 3 is 1.11 bits per heavy atom. The second kappa shape index (κ2) is 14.1. The van der Waals surface area contributed by atoms with Gasteiger partial charge in [-0.3, -0.25) is 0 Å². The number of halogens is 6. The first-order valence-corrected chi connectivity index (χ1v) is 23.9. The van der Waals surface area contributed by atoms with Gasteiger partial charge in [-0.15, -0.1) is 0 Å². The van der Waals surface area contributed by atoms with Crippen LogP contribution in [-0.2, 0) is 12.4 Å². The van der Waals surface area contributed by atoms with Gasteiger partial charge < -0.3 is 9.80 Å². The molecule has 0 fully saturated rings. The summed E-state index contributed by atoms with van der Waals surface area (Å²) >= 11 is 0. The standard InChI is InChI=1S/C60H40B2F6N2/c1-31(2)37-27-39-43-23-33(59(63,64)65)25-51-57(43)62(46-20-12-14-22-50(46)69(51)35-15-7-5-8-16-35)48-30-42-38(32(3)4)28-40-44-24-34(60(66,67)68)26-52-58(44)61(47-29-41(37)55(53(39)48)56(42)54(40)47)45-19-11-13-21-49(45)70(52)36-17-9-6-10-18-36/h5-32H,1-4H3. The van der Waals surface area contributed by atoms with E-state index in [9.17, 15) is 0 Å². The minimum Gasteiger partial charge on any atom is -0.311 e. The molecule has 0 atom stereocenters. The van der Waals surface area contributed by atoms with Crippen LogP contribution in [0, 0.1) is 0 Å². The molecule has 338 valence electrons. The van der Waals surface area contributed by atoms with Crippen molar-refractivity contribution in [1.29, 1.82) is 0 Å². The largest absolute Gasteiger partial charge is 0.416 e. The lowest BCUT2D eigenvalue weighted by Gasteiger charge is -2.43. The van der Waals surface area contributed by atoms with Gasteiger partial charge in [0.15, 0.2) is 0 Å². The molecule has 4 heterocycles. The van der Waals surface area contributed by atoms with Gasteiger partial charge in [0.2, 0.25) is 13.4 Å². The van der Waals surface area contributed by atoms with E-state index in [1.54, 1.807) is 0 Å². The fourth-order valence-electron chi connectivity index (χ4n) is 13.0. The van der Waals surface area contributed by atoms with E-state index < -0.39 is 36.9 Å². The molecule has 4 aliphatic rings. The van der Waals surface area contributed by atoms with Crippen molar-refractivity contribution >= 4 is 113 Å². The van der Waals surface area contributed by atoms with E-state index in [4.69, 9.17) is 0 Å². The molecule has 0 N–H and O–H groups in total. The summed E-state index contributed by atoms with van der Waals surface area (Å²) in [5.41, 5.74) is 12.9. The minimum atomic E-state index is -4.65. The first-order valence-electron chi connectivity index (χ1n) is 23.9. The van der Waals surface area contributed by atoms with Gasteiger partial charge in [-0.2, -0.15) is 26.3 Å². The van der Waals surface area contributed by atoms with Gasteiger partial charge in [-0.1, -0.05) is 124 Å². The van der Waals surface area contributed by atoms with Gasteiger partial charge in [0.05, 0.1) is 11.1 Å². The van der Waals surface area contributed by atoms with Crippen molar-refractivity contribution in [3.63, 3.8) is 0 Å². The molecule has 10 heteroatoms. The first-order chi connectivity index (χ1) is 33.7. The Morgan fingerprint density at radius 2 is 0.743 bits per heavy atom. The summed E-state index contributed by atoms with van der Waals surface area (Å²) in [4.78, 5) is 3.97. The minimum absolute atomic E-state index is 0.0469. The van der Waals surface area contributed by atoms with Crippen LogP contribution < -0.4 is 42.6 Å². The molecule has 10 aromatic carbocycles. The topological polar surface area (TPSA) is 6.48 Å². The van der Waals surface area contributed by atoms with Crippen LogP contribution in [-0.4, -0.2) is 13.4 Å². The summed E-state index contributed by atoms with van der Waals surface area (Å²) in [6.45, 7) is 7.69. The van der Waals surface area contributed by atoms with Crippen LogP contribution in [0.5, 0.6) is 0 Å². The van der Waals surface area contributed by atoms with Gasteiger partial charge in [0, 0.05) is 34.1 Å². The summed E-state index contributed by atoms with van der Waals surface area (Å²) < 4.78 is 92.7. The van der Waals surface area contributed by atoms with Crippen molar-refractivity contribution in [2.45, 2.75) is 51.9 Å². The van der Waals surface area contributed by atoms with Crippen molar-refractivity contribution < 1.29 is 26.3 Å². The van der Waals surface area contributed by atoms with Gasteiger partial charge in [-0.25, -0.2) is 0 Å². The smallest absolute Gasteiger partial charge is 0.311 e. The van der Waals surface area contributed by atoms with E-state index >= 15 is 26.3 Å². The van der Waals surface area contributed by atoms with Crippen LogP contribution in [0.4, 0.5) is 60.5 Å². The van der Waals surface area contributed by atoms with Crippen molar-refractivity contribution in [2.24, 2.45) is 0 Å². The van der Waals surface area contributed by atoms with Crippen molar-refractivity contribution in [2.75, 3.05) is 9.80 Å². The lowest BCUT2D eigenvalue weighted by atomic mass is 9.31. The molecule has 14 rings (SSSR count). The maximum Gasteiger partial charge on any atom is 0.416 e. The normalized spacial score (nSPS) is 14.3. The van der Waals surface area contributed by atoms with E-state index in [0.717, 1.165) is 110 Å². The molecule has 0 radical (unpaired) electrons. The third kappa shape index (κ3) is 5.45. The fourth-order valence-corrected chi connectivity index (χ4v) is 13.0. The van der Waals surface area contributed by atoms with E-state index in [2.05, 4.69) is 64.1 Å². The molecule has 0 aliphatic carbocycles. The zero-order valence-electron chi connectivity index (χ0n) is 38.5. The summed E-state index contributed by atoms with van der Waals surface area (Å²) in [6, 6.07) is 49.6. The molecule has 0 bridgehead atoms. The van der Waals surface area contributed by atoms with E-state index in [1.807, 2.05) is 107 Å². The maximum atomic E-state index is 15.4. The van der Waals surface area contributed by atoms with E-state index in [-0.39, 0.29) is 11.8 Å². The third-order valence-corrected chi connectivity index (χ3v) is 15.7. The Hall–Kier alpha value is -7.45. The number of fused-ring (bicyclic) bond motifs is 8. The summed E-state index contributed by atoms with van der Waals surface area (Å²) in [5, 5.41) is 5.72. The number of hydrogen-bond acceptors (Lipinski definition) is 2. The predicted octanol–water partition coefficient (Wildman–Crippen LogP) is 13.4. The number of alkyl halides is 6. The van der Waals surface area contributed by atoms with E-state index in [1.165, 1.54) is 24.3 Å². The zero-order chi connectivity index (χ0) is 47.9. The predicted molar refractivity (Wildman–Crippen MR) is 278 cm³/mol. The van der Waals surface area contributed by atoms with Gasteiger partial charge >= 0.3 is 12.4 Å². The monoisotopic (exact) mass is 924 g/mol. The number of para-hydroxylation sites is 4. The summed E-state index contributed by atoms with van der Waals surface area (Å²) in [6.07, 6.45) is -9.29. The highest BCUT2D eigenvalue weighted by Gasteiger charge is 2.48. The number of anilines is 6. The lowest BCUT2D eigenvalue weighted by Crippen LogP contribution is -2.60. The molecule has 0 unspecified atom stereocenters. The Kier molecular flexibility index (Phi) is 8.36. The molecular weight excluding hydrogens is 884 g/mol. The first kappa shape index (κ1) is 41.5. The van der Waals surface area contributed by atoms with Crippen LogP contribution >= 0.6 is 0 Å². The Bertz CT molecular complexity index is 3650. The molecule has 0 amide bonds. The van der Waals surface area contributed by atoms with Crippen LogP contribution in [0.25, 0.3) is 54.6 Å². The highest BCUT2D eigenvalue weighted by atomic mass is 19.4. The van der Waals surface area contributed by atoms with Gasteiger partial charge in [-0.05, 0) is 172 Å². The molecular formula is C60H40B2F6N2. The molecule has 0 spiro atoms. The van der Waals surface area contributed by atoms with Crippen LogP contribution in [0.1, 0.15) is 61.8 Å². The lowest BCUT2D eigenvalue weighted by molar-refractivity contribution is -0.138. The summed E-state index contributed by atoms with van der Waals surface area (Å²) in [7, 11) is 0. The molecule has 2 nitrogen and oxygen atoms in total. The Balaban J connectivity index is 1.19. The second-order valence-corrected chi connectivity index (χ2v) is 20.1. The SMILES string of the molecule is CC(C)c1cc2c3c(cc4c(C(C)C)cc5c6c(cc1c3c46)B1c3ccccc3N(c3ccccc3)c3cc(C(F)(F)F)cc-5c31)B1c3ccccc3N(c3ccccc3)c3cc(C(F)(F)F)cc-2c31. The van der Waals surface area contributed by atoms with Crippen molar-refractivity contribution in [3.8, 4) is 22.3 Å². The molecule has 0 saturated carbocycles. The van der Waals surface area contributed by atoms with Gasteiger partial charge in [0.1, 0.15) is 0 Å². The molecule has 70 heavy (non-hydrogen) atoms. The summed E-state index contributed by atoms with van der Waals surface area (Å²) in [5.74, 6) is -0.0937. The Morgan fingerprint density at radius 1 is 0.371 bits per heavy atom. The van der Waals surface area contributed by atoms with Gasteiger partial charge in [0.25, 0.3) is 0 Å². The maximum absolute atomic E-state index is 15.4. The zero-order valence-corrected chi connectivity index (χ0v) is 38.5. The molecule has 0 aromatic heterocycles. The average molecular weight is 925 g/mol. The van der Waals surface area contributed by atoms with Crippen LogP contribution in [0.15, 0.2) is 158 Å². The average Bonchev–Trinajstić information content (AvgIpc) is 3.35. The highest BCUT2D eigenvalue weighted by Crippen LogP contribution is 2.52. The Labute approximate surface area is 401 Å². The van der Waals surface area contributed by atoms with Crippen LogP contribution in [0.2, 0.25) is 0 Å². The highest BCUT2D eigenvalue weighted by molar-refractivity contribution is 7.02. The van der Waals surface area contributed by atoms with Crippen LogP contribution in [0.3, 0.4) is 0 Å². The molecule has 4 aliphatic heterocycles. The number of hydrogen-bond donors (Lipinski definition) is 0. The number of benzene rings is 10. The fraction of sp³-hybridized carbons (Fsp3) is 0.133. The number of rotatable bonds is 4. The van der Waals surface area contributed by atoms with Crippen molar-refractivity contribution in [3.05, 3.63) is 180 Å². The molecule has 10 aromatic rings. The number of nitrogens with zero attached hydrogens (tertiary/aromatic N) is 2.